The largest absolute Gasteiger partial charge is 0.370 e. The van der Waals surface area contributed by atoms with E-state index in [1.54, 1.807) is 0 Å². The molecule has 6 aliphatic rings. The molecule has 3 heteroatoms. The van der Waals surface area contributed by atoms with Crippen molar-refractivity contribution in [3.63, 3.8) is 0 Å². The molecule has 132 valence electrons. The van der Waals surface area contributed by atoms with Crippen molar-refractivity contribution in [1.82, 2.24) is 0 Å². The Hall–Kier alpha value is -0.120. The van der Waals surface area contributed by atoms with Crippen molar-refractivity contribution >= 4 is 0 Å². The van der Waals surface area contributed by atoms with E-state index in [-0.39, 0.29) is 0 Å². The van der Waals surface area contributed by atoms with Crippen molar-refractivity contribution in [3.05, 3.63) is 0 Å². The fraction of sp³-hybridized carbons (Fsp3) is 1.00. The fourth-order valence-corrected chi connectivity index (χ4v) is 6.54. The van der Waals surface area contributed by atoms with Crippen LogP contribution < -0.4 is 0 Å². The van der Waals surface area contributed by atoms with Gasteiger partial charge in [-0.15, -0.1) is 0 Å². The molecule has 6 fully saturated rings. The molecule has 6 heterocycles. The van der Waals surface area contributed by atoms with Gasteiger partial charge < -0.3 is 13.7 Å². The summed E-state index contributed by atoms with van der Waals surface area (Å²) >= 11 is 0. The van der Waals surface area contributed by atoms with E-state index in [1.165, 1.54) is 87.0 Å². The highest BCUT2D eigenvalue weighted by molar-refractivity contribution is 4.78. The molecule has 0 aromatic carbocycles. The first kappa shape index (κ1) is 16.4. The van der Waals surface area contributed by atoms with E-state index < -0.39 is 0 Å². The summed E-state index contributed by atoms with van der Waals surface area (Å²) in [5, 5.41) is 0. The van der Waals surface area contributed by atoms with Gasteiger partial charge in [0.15, 0.2) is 0 Å². The van der Waals surface area contributed by atoms with Gasteiger partial charge in [-0.2, -0.15) is 0 Å². The summed E-state index contributed by atoms with van der Waals surface area (Å²) in [6.45, 7) is 18.1. The average Bonchev–Trinajstić information content (AvgIpc) is 2.56. The maximum absolute atomic E-state index is 6.17. The minimum atomic E-state index is 0.951. The van der Waals surface area contributed by atoms with Gasteiger partial charge in [0.05, 0.1) is 52.5 Å². The summed E-state index contributed by atoms with van der Waals surface area (Å²) in [6.07, 6.45) is 5.89. The Kier molecular flexibility index (Phi) is 4.49. The van der Waals surface area contributed by atoms with E-state index in [0.717, 1.165) is 36.9 Å². The molecule has 6 rings (SSSR count). The van der Waals surface area contributed by atoms with Crippen LogP contribution in [0.5, 0.6) is 0 Å². The zero-order valence-electron chi connectivity index (χ0n) is 15.5. The lowest BCUT2D eigenvalue weighted by Gasteiger charge is -2.52. The third-order valence-corrected chi connectivity index (χ3v) is 8.28. The molecule has 0 aromatic heterocycles. The number of quaternary nitrogens is 2. The Balaban J connectivity index is 1.19. The minimum Gasteiger partial charge on any atom is -0.370 e. The topological polar surface area (TPSA) is 9.23 Å². The van der Waals surface area contributed by atoms with Gasteiger partial charge in [-0.05, 0) is 11.8 Å². The van der Waals surface area contributed by atoms with Crippen molar-refractivity contribution in [2.24, 2.45) is 23.7 Å². The van der Waals surface area contributed by atoms with E-state index in [1.807, 2.05) is 0 Å². The summed E-state index contributed by atoms with van der Waals surface area (Å²) in [7, 11) is 0. The quantitative estimate of drug-likeness (QED) is 0.540. The zero-order chi connectivity index (χ0) is 15.9. The monoisotopic (exact) mass is 322 g/mol. The van der Waals surface area contributed by atoms with Gasteiger partial charge in [-0.1, -0.05) is 13.8 Å². The molecule has 0 radical (unpaired) electrons. The average molecular weight is 323 g/mol. The molecule has 0 aromatic rings. The molecule has 2 unspecified atom stereocenters. The van der Waals surface area contributed by atoms with E-state index in [2.05, 4.69) is 13.8 Å². The van der Waals surface area contributed by atoms with Crippen LogP contribution in [0.3, 0.4) is 0 Å². The lowest BCUT2D eigenvalue weighted by atomic mass is 9.78. The third kappa shape index (κ3) is 3.21. The molecule has 4 bridgehead atoms. The minimum absolute atomic E-state index is 0.951. The number of piperidine rings is 6. The molecular weight excluding hydrogens is 284 g/mol. The van der Waals surface area contributed by atoms with Crippen molar-refractivity contribution in [2.75, 3.05) is 65.6 Å². The van der Waals surface area contributed by atoms with Crippen molar-refractivity contribution in [2.45, 2.75) is 39.5 Å². The lowest BCUT2D eigenvalue weighted by Crippen LogP contribution is -2.63. The predicted octanol–water partition coefficient (Wildman–Crippen LogP) is 2.76. The molecular formula is C20H38N2O+2. The standard InChI is InChI=1S/C20H38N2O/c1-17-15-21(7-3-19(17)4-8-21)11-13-23-14-12-22-9-5-20(6-10-22)18(2)16-22/h17-20H,3-16H2,1-2H3/q+2. The van der Waals surface area contributed by atoms with Crippen molar-refractivity contribution in [3.8, 4) is 0 Å². The smallest absolute Gasteiger partial charge is 0.102 e. The summed E-state index contributed by atoms with van der Waals surface area (Å²) in [6, 6.07) is 0. The van der Waals surface area contributed by atoms with Gasteiger partial charge in [0.25, 0.3) is 0 Å². The second-order valence-electron chi connectivity index (χ2n) is 9.63. The molecule has 2 atom stereocenters. The van der Waals surface area contributed by atoms with Crippen LogP contribution in [-0.4, -0.2) is 74.5 Å². The molecule has 23 heavy (non-hydrogen) atoms. The van der Waals surface area contributed by atoms with Gasteiger partial charge in [0.2, 0.25) is 0 Å². The highest BCUT2D eigenvalue weighted by Crippen LogP contribution is 2.38. The number of ether oxygens (including phenoxy) is 1. The predicted molar refractivity (Wildman–Crippen MR) is 94.1 cm³/mol. The van der Waals surface area contributed by atoms with Crippen LogP contribution in [0.2, 0.25) is 0 Å². The van der Waals surface area contributed by atoms with Crippen molar-refractivity contribution in [1.29, 1.82) is 0 Å². The van der Waals surface area contributed by atoms with Gasteiger partial charge in [-0.25, -0.2) is 0 Å². The zero-order valence-corrected chi connectivity index (χ0v) is 15.5. The van der Waals surface area contributed by atoms with Crippen LogP contribution >= 0.6 is 0 Å². The summed E-state index contributed by atoms with van der Waals surface area (Å²) < 4.78 is 8.91. The third-order valence-electron chi connectivity index (χ3n) is 8.28. The fourth-order valence-electron chi connectivity index (χ4n) is 6.54. The summed E-state index contributed by atoms with van der Waals surface area (Å²) in [5.74, 6) is 3.98. The van der Waals surface area contributed by atoms with Crippen LogP contribution in [0.15, 0.2) is 0 Å². The SMILES string of the molecule is CC1C[N+]2(CCOCC[N+]34CCC(CC3)C(C)C4)CCC1CC2. The Labute approximate surface area is 143 Å². The number of nitrogens with zero attached hydrogens (tertiary/aromatic N) is 2. The van der Waals surface area contributed by atoms with Gasteiger partial charge in [0.1, 0.15) is 13.1 Å². The molecule has 0 spiro atoms. The molecule has 3 nitrogen and oxygen atoms in total. The number of rotatable bonds is 6. The maximum Gasteiger partial charge on any atom is 0.102 e. The summed E-state index contributed by atoms with van der Waals surface area (Å²) in [4.78, 5) is 0. The molecule has 0 N–H and O–H groups in total. The van der Waals surface area contributed by atoms with Crippen LogP contribution in [0, 0.1) is 23.7 Å². The van der Waals surface area contributed by atoms with Gasteiger partial charge in [-0.3, -0.25) is 0 Å². The molecule has 0 amide bonds. The Morgan fingerprint density at radius 3 is 1.43 bits per heavy atom. The second-order valence-corrected chi connectivity index (χ2v) is 9.63. The maximum atomic E-state index is 6.17. The first-order valence-corrected chi connectivity index (χ1v) is 10.4. The van der Waals surface area contributed by atoms with Crippen LogP contribution in [0.25, 0.3) is 0 Å². The number of hydrogen-bond donors (Lipinski definition) is 0. The van der Waals surface area contributed by atoms with Gasteiger partial charge in [0, 0.05) is 37.5 Å². The second kappa shape index (κ2) is 6.31. The molecule has 0 saturated carbocycles. The van der Waals surface area contributed by atoms with Crippen LogP contribution in [-0.2, 0) is 4.74 Å². The van der Waals surface area contributed by atoms with E-state index in [0.29, 0.717) is 0 Å². The first-order chi connectivity index (χ1) is 11.1. The lowest BCUT2D eigenvalue weighted by molar-refractivity contribution is -0.949. The number of hydrogen-bond acceptors (Lipinski definition) is 1. The molecule has 6 aliphatic heterocycles. The first-order valence-electron chi connectivity index (χ1n) is 10.4. The van der Waals surface area contributed by atoms with Crippen LogP contribution in [0.1, 0.15) is 39.5 Å². The van der Waals surface area contributed by atoms with Gasteiger partial charge >= 0.3 is 0 Å². The summed E-state index contributed by atoms with van der Waals surface area (Å²) in [5.41, 5.74) is 0. The normalized spacial score (nSPS) is 48.8. The van der Waals surface area contributed by atoms with E-state index in [9.17, 15) is 0 Å². The molecule has 0 aliphatic carbocycles. The molecule has 6 saturated heterocycles. The Morgan fingerprint density at radius 2 is 1.09 bits per heavy atom. The highest BCUT2D eigenvalue weighted by atomic mass is 16.5. The Bertz CT molecular complexity index is 370. The Morgan fingerprint density at radius 1 is 0.696 bits per heavy atom. The number of fused-ring (bicyclic) bond motifs is 6. The van der Waals surface area contributed by atoms with E-state index >= 15 is 0 Å². The van der Waals surface area contributed by atoms with E-state index in [4.69, 9.17) is 4.74 Å². The highest BCUT2D eigenvalue weighted by Gasteiger charge is 2.44. The van der Waals surface area contributed by atoms with Crippen molar-refractivity contribution < 1.29 is 13.7 Å². The van der Waals surface area contributed by atoms with Crippen LogP contribution in [0.4, 0.5) is 0 Å².